The van der Waals surface area contributed by atoms with Gasteiger partial charge >= 0.3 is 0 Å². The Hall–Kier alpha value is -0.0800. The van der Waals surface area contributed by atoms with Gasteiger partial charge in [-0.15, -0.1) is 0 Å². The Morgan fingerprint density at radius 2 is 1.75 bits per heavy atom. The Morgan fingerprint density at radius 3 is 2.30 bits per heavy atom. The first kappa shape index (κ1) is 16.3. The monoisotopic (exact) mass is 280 g/mol. The van der Waals surface area contributed by atoms with Crippen LogP contribution in [0.4, 0.5) is 0 Å². The minimum atomic E-state index is 0.470. The molecule has 2 N–H and O–H groups in total. The van der Waals surface area contributed by atoms with Gasteiger partial charge in [0.2, 0.25) is 0 Å². The van der Waals surface area contributed by atoms with Crippen molar-refractivity contribution in [1.82, 2.24) is 4.90 Å². The van der Waals surface area contributed by atoms with E-state index in [1.807, 2.05) is 0 Å². The molecule has 2 rings (SSSR count). The molecule has 20 heavy (non-hydrogen) atoms. The lowest BCUT2D eigenvalue weighted by atomic mass is 9.69. The zero-order chi connectivity index (χ0) is 14.8. The van der Waals surface area contributed by atoms with Crippen LogP contribution in [0.15, 0.2) is 0 Å². The quantitative estimate of drug-likeness (QED) is 0.837. The van der Waals surface area contributed by atoms with E-state index in [1.54, 1.807) is 0 Å². The van der Waals surface area contributed by atoms with Crippen LogP contribution in [0.2, 0.25) is 0 Å². The highest BCUT2D eigenvalue weighted by Crippen LogP contribution is 2.41. The van der Waals surface area contributed by atoms with Crippen LogP contribution in [-0.4, -0.2) is 29.6 Å². The second kappa shape index (κ2) is 6.79. The summed E-state index contributed by atoms with van der Waals surface area (Å²) in [4.78, 5) is 2.88. The molecular formula is C18H36N2. The zero-order valence-electron chi connectivity index (χ0n) is 14.2. The SMILES string of the molecule is CCCN(C1CCC(N)CC1)C1CCC(C)(C)CC1C. The van der Waals surface area contributed by atoms with E-state index in [1.165, 1.54) is 57.9 Å². The average molecular weight is 280 g/mol. The van der Waals surface area contributed by atoms with Crippen LogP contribution in [0.5, 0.6) is 0 Å². The van der Waals surface area contributed by atoms with E-state index in [0.717, 1.165) is 18.0 Å². The van der Waals surface area contributed by atoms with E-state index in [0.29, 0.717) is 11.5 Å². The van der Waals surface area contributed by atoms with Gasteiger partial charge in [-0.3, -0.25) is 4.90 Å². The minimum Gasteiger partial charge on any atom is -0.328 e. The van der Waals surface area contributed by atoms with Crippen molar-refractivity contribution < 1.29 is 0 Å². The van der Waals surface area contributed by atoms with Crippen molar-refractivity contribution in [2.75, 3.05) is 6.54 Å². The molecule has 0 aromatic rings. The fourth-order valence-electron chi connectivity index (χ4n) is 4.74. The van der Waals surface area contributed by atoms with Crippen LogP contribution in [0.25, 0.3) is 0 Å². The van der Waals surface area contributed by atoms with Crippen LogP contribution in [0.3, 0.4) is 0 Å². The molecule has 2 aliphatic carbocycles. The van der Waals surface area contributed by atoms with Gasteiger partial charge in [-0.25, -0.2) is 0 Å². The molecule has 0 bridgehead atoms. The lowest BCUT2D eigenvalue weighted by Crippen LogP contribution is -2.51. The smallest absolute Gasteiger partial charge is 0.0124 e. The maximum Gasteiger partial charge on any atom is 0.0124 e. The van der Waals surface area contributed by atoms with E-state index in [9.17, 15) is 0 Å². The van der Waals surface area contributed by atoms with Crippen molar-refractivity contribution in [2.24, 2.45) is 17.1 Å². The van der Waals surface area contributed by atoms with Crippen LogP contribution in [0, 0.1) is 11.3 Å². The van der Waals surface area contributed by atoms with Crippen LogP contribution >= 0.6 is 0 Å². The summed E-state index contributed by atoms with van der Waals surface area (Å²) >= 11 is 0. The lowest BCUT2D eigenvalue weighted by Gasteiger charge is -2.48. The molecule has 2 fully saturated rings. The van der Waals surface area contributed by atoms with Crippen molar-refractivity contribution >= 4 is 0 Å². The molecule has 0 spiro atoms. The van der Waals surface area contributed by atoms with E-state index in [-0.39, 0.29) is 0 Å². The Morgan fingerprint density at radius 1 is 1.10 bits per heavy atom. The fourth-order valence-corrected chi connectivity index (χ4v) is 4.74. The largest absolute Gasteiger partial charge is 0.328 e. The van der Waals surface area contributed by atoms with Gasteiger partial charge in [-0.1, -0.05) is 27.7 Å². The number of hydrogen-bond donors (Lipinski definition) is 1. The minimum absolute atomic E-state index is 0.470. The summed E-state index contributed by atoms with van der Waals surface area (Å²) < 4.78 is 0. The first-order chi connectivity index (χ1) is 9.43. The summed E-state index contributed by atoms with van der Waals surface area (Å²) in [5, 5.41) is 0. The molecule has 2 heteroatoms. The summed E-state index contributed by atoms with van der Waals surface area (Å²) in [6.07, 6.45) is 10.6. The Bertz CT molecular complexity index is 292. The molecule has 0 amide bonds. The van der Waals surface area contributed by atoms with Gasteiger partial charge in [0.15, 0.2) is 0 Å². The molecule has 0 aliphatic heterocycles. The first-order valence-electron chi connectivity index (χ1n) is 8.94. The predicted octanol–water partition coefficient (Wildman–Crippen LogP) is 4.18. The van der Waals surface area contributed by atoms with Crippen LogP contribution in [-0.2, 0) is 0 Å². The fraction of sp³-hybridized carbons (Fsp3) is 1.00. The van der Waals surface area contributed by atoms with E-state index in [4.69, 9.17) is 5.73 Å². The molecule has 2 nitrogen and oxygen atoms in total. The zero-order valence-corrected chi connectivity index (χ0v) is 14.2. The van der Waals surface area contributed by atoms with Gasteiger partial charge in [0.25, 0.3) is 0 Å². The summed E-state index contributed by atoms with van der Waals surface area (Å²) in [6.45, 7) is 11.0. The normalized spacial score (nSPS) is 38.1. The maximum atomic E-state index is 6.09. The number of hydrogen-bond acceptors (Lipinski definition) is 2. The van der Waals surface area contributed by atoms with Crippen LogP contribution < -0.4 is 5.73 Å². The second-order valence-corrected chi connectivity index (χ2v) is 8.26. The topological polar surface area (TPSA) is 29.3 Å². The molecule has 2 aliphatic rings. The van der Waals surface area contributed by atoms with Crippen molar-refractivity contribution in [2.45, 2.75) is 97.2 Å². The third-order valence-electron chi connectivity index (χ3n) is 5.77. The molecule has 118 valence electrons. The first-order valence-corrected chi connectivity index (χ1v) is 8.94. The molecule has 0 aromatic carbocycles. The van der Waals surface area contributed by atoms with Crippen molar-refractivity contribution in [3.63, 3.8) is 0 Å². The Kier molecular flexibility index (Phi) is 5.53. The summed E-state index contributed by atoms with van der Waals surface area (Å²) in [7, 11) is 0. The van der Waals surface area contributed by atoms with Gasteiger partial charge in [-0.05, 0) is 69.2 Å². The lowest BCUT2D eigenvalue weighted by molar-refractivity contribution is 0.0187. The maximum absolute atomic E-state index is 6.09. The van der Waals surface area contributed by atoms with E-state index < -0.39 is 0 Å². The van der Waals surface area contributed by atoms with Crippen LogP contribution in [0.1, 0.15) is 79.1 Å². The van der Waals surface area contributed by atoms with E-state index >= 15 is 0 Å². The molecule has 0 aromatic heterocycles. The predicted molar refractivity (Wildman–Crippen MR) is 87.8 cm³/mol. The summed E-state index contributed by atoms with van der Waals surface area (Å²) in [5.74, 6) is 0.848. The molecule has 2 unspecified atom stereocenters. The molecule has 0 heterocycles. The average Bonchev–Trinajstić information content (AvgIpc) is 2.37. The molecule has 0 saturated heterocycles. The highest BCUT2D eigenvalue weighted by Gasteiger charge is 2.37. The van der Waals surface area contributed by atoms with Gasteiger partial charge in [0.05, 0.1) is 0 Å². The molecule has 2 atom stereocenters. The molecule has 2 saturated carbocycles. The van der Waals surface area contributed by atoms with Crippen molar-refractivity contribution in [1.29, 1.82) is 0 Å². The standard InChI is InChI=1S/C18H36N2/c1-5-12-20(16-8-6-15(19)7-9-16)17-10-11-18(3,4)13-14(17)2/h14-17H,5-13,19H2,1-4H3. The number of nitrogens with two attached hydrogens (primary N) is 1. The second-order valence-electron chi connectivity index (χ2n) is 8.26. The third-order valence-corrected chi connectivity index (χ3v) is 5.77. The van der Waals surface area contributed by atoms with Gasteiger partial charge in [0.1, 0.15) is 0 Å². The summed E-state index contributed by atoms with van der Waals surface area (Å²) in [6, 6.07) is 2.10. The van der Waals surface area contributed by atoms with Gasteiger partial charge < -0.3 is 5.73 Å². The number of nitrogens with zero attached hydrogens (tertiary/aromatic N) is 1. The summed E-state index contributed by atoms with van der Waals surface area (Å²) in [5.41, 5.74) is 6.65. The van der Waals surface area contributed by atoms with Gasteiger partial charge in [0, 0.05) is 18.1 Å². The van der Waals surface area contributed by atoms with E-state index in [2.05, 4.69) is 32.6 Å². The molecular weight excluding hydrogens is 244 g/mol. The number of rotatable bonds is 4. The van der Waals surface area contributed by atoms with Gasteiger partial charge in [-0.2, -0.15) is 0 Å². The van der Waals surface area contributed by atoms with Crippen molar-refractivity contribution in [3.8, 4) is 0 Å². The third kappa shape index (κ3) is 3.98. The van der Waals surface area contributed by atoms with Crippen molar-refractivity contribution in [3.05, 3.63) is 0 Å². The highest BCUT2D eigenvalue weighted by atomic mass is 15.2. The Labute approximate surface area is 126 Å². The molecule has 0 radical (unpaired) electrons. The highest BCUT2D eigenvalue weighted by molar-refractivity contribution is 4.92. The Balaban J connectivity index is 2.01.